The minimum absolute atomic E-state index is 0.329. The Bertz CT molecular complexity index is 661. The number of halogens is 2. The molecule has 0 spiro atoms. The van der Waals surface area contributed by atoms with Gasteiger partial charge in [0, 0.05) is 20.6 Å². The van der Waals surface area contributed by atoms with Gasteiger partial charge in [-0.1, -0.05) is 35.0 Å². The van der Waals surface area contributed by atoms with Gasteiger partial charge in [-0.15, -0.1) is 0 Å². The summed E-state index contributed by atoms with van der Waals surface area (Å²) < 4.78 is 11.8. The summed E-state index contributed by atoms with van der Waals surface area (Å²) in [6.45, 7) is 0.329. The van der Waals surface area contributed by atoms with E-state index in [2.05, 4.69) is 21.1 Å². The van der Waals surface area contributed by atoms with Gasteiger partial charge in [-0.3, -0.25) is 0 Å². The number of hydrogen-bond acceptors (Lipinski definition) is 4. The van der Waals surface area contributed by atoms with Crippen LogP contribution < -0.4 is 9.47 Å². The zero-order valence-electron chi connectivity index (χ0n) is 11.2. The van der Waals surface area contributed by atoms with Crippen LogP contribution in [-0.2, 0) is 6.61 Å². The predicted molar refractivity (Wildman–Crippen MR) is 85.9 cm³/mol. The van der Waals surface area contributed by atoms with Gasteiger partial charge in [-0.25, -0.2) is 0 Å². The first-order valence-electron chi connectivity index (χ1n) is 6.07. The topological polar surface area (TPSA) is 51.0 Å². The van der Waals surface area contributed by atoms with Gasteiger partial charge in [0.2, 0.25) is 0 Å². The van der Waals surface area contributed by atoms with E-state index < -0.39 is 0 Å². The van der Waals surface area contributed by atoms with Crippen LogP contribution in [0.1, 0.15) is 11.1 Å². The van der Waals surface area contributed by atoms with Crippen molar-refractivity contribution < 1.29 is 14.7 Å². The Kier molecular flexibility index (Phi) is 5.47. The van der Waals surface area contributed by atoms with Crippen molar-refractivity contribution in [3.8, 4) is 11.5 Å². The molecule has 0 heterocycles. The van der Waals surface area contributed by atoms with E-state index in [4.69, 9.17) is 26.3 Å². The molecule has 2 rings (SSSR count). The van der Waals surface area contributed by atoms with E-state index in [0.29, 0.717) is 28.7 Å². The van der Waals surface area contributed by atoms with Crippen LogP contribution in [-0.4, -0.2) is 18.5 Å². The fraction of sp³-hybridized carbons (Fsp3) is 0.133. The molecule has 0 saturated carbocycles. The molecular formula is C15H13BrClNO3. The maximum absolute atomic E-state index is 8.62. The van der Waals surface area contributed by atoms with E-state index in [1.165, 1.54) is 6.21 Å². The molecule has 0 atom stereocenters. The van der Waals surface area contributed by atoms with Crippen molar-refractivity contribution in [2.45, 2.75) is 6.61 Å². The SMILES string of the molecule is COc1cc(/C=N/O)c(Br)cc1OCc1ccccc1Cl. The van der Waals surface area contributed by atoms with Crippen molar-refractivity contribution in [2.75, 3.05) is 7.11 Å². The molecule has 2 aromatic carbocycles. The lowest BCUT2D eigenvalue weighted by Gasteiger charge is -2.13. The van der Waals surface area contributed by atoms with Crippen LogP contribution in [0.4, 0.5) is 0 Å². The standard InChI is InChI=1S/C15H13BrClNO3/c1-20-14-6-11(8-18-19)12(16)7-15(14)21-9-10-4-2-3-5-13(10)17/h2-8,19H,9H2,1H3/b18-8+. The van der Waals surface area contributed by atoms with Crippen LogP contribution in [0, 0.1) is 0 Å². The zero-order valence-corrected chi connectivity index (χ0v) is 13.6. The molecule has 0 amide bonds. The fourth-order valence-electron chi connectivity index (χ4n) is 1.76. The minimum Gasteiger partial charge on any atom is -0.493 e. The van der Waals surface area contributed by atoms with Crippen molar-refractivity contribution >= 4 is 33.7 Å². The molecule has 0 aromatic heterocycles. The summed E-state index contributed by atoms with van der Waals surface area (Å²) in [7, 11) is 1.55. The Morgan fingerprint density at radius 2 is 2.05 bits per heavy atom. The zero-order chi connectivity index (χ0) is 15.2. The summed E-state index contributed by atoms with van der Waals surface area (Å²) in [5.41, 5.74) is 1.57. The molecule has 0 aliphatic carbocycles. The molecule has 6 heteroatoms. The fourth-order valence-corrected chi connectivity index (χ4v) is 2.37. The highest BCUT2D eigenvalue weighted by Gasteiger charge is 2.10. The number of nitrogens with zero attached hydrogens (tertiary/aromatic N) is 1. The lowest BCUT2D eigenvalue weighted by atomic mass is 10.2. The Balaban J connectivity index is 2.24. The monoisotopic (exact) mass is 369 g/mol. The Morgan fingerprint density at radius 3 is 2.71 bits per heavy atom. The summed E-state index contributed by atoms with van der Waals surface area (Å²) in [6, 6.07) is 11.0. The summed E-state index contributed by atoms with van der Waals surface area (Å²) in [5, 5.41) is 12.3. The number of methoxy groups -OCH3 is 1. The first-order chi connectivity index (χ1) is 10.2. The number of rotatable bonds is 5. The lowest BCUT2D eigenvalue weighted by molar-refractivity contribution is 0.284. The Labute approximate surface area is 136 Å². The molecule has 0 saturated heterocycles. The van der Waals surface area contributed by atoms with Crippen LogP contribution in [0.3, 0.4) is 0 Å². The maximum atomic E-state index is 8.62. The third kappa shape index (κ3) is 3.89. The number of benzene rings is 2. The van der Waals surface area contributed by atoms with E-state index in [0.717, 1.165) is 10.0 Å². The normalized spacial score (nSPS) is 10.8. The van der Waals surface area contributed by atoms with Gasteiger partial charge in [0.1, 0.15) is 6.61 Å². The molecular weight excluding hydrogens is 358 g/mol. The third-order valence-corrected chi connectivity index (χ3v) is 3.88. The van der Waals surface area contributed by atoms with Crippen molar-refractivity contribution in [1.29, 1.82) is 0 Å². The lowest BCUT2D eigenvalue weighted by Crippen LogP contribution is -1.99. The molecule has 110 valence electrons. The number of oxime groups is 1. The smallest absolute Gasteiger partial charge is 0.162 e. The van der Waals surface area contributed by atoms with Gasteiger partial charge < -0.3 is 14.7 Å². The molecule has 0 bridgehead atoms. The maximum Gasteiger partial charge on any atom is 0.162 e. The van der Waals surface area contributed by atoms with Crippen molar-refractivity contribution in [1.82, 2.24) is 0 Å². The minimum atomic E-state index is 0.329. The van der Waals surface area contributed by atoms with Gasteiger partial charge in [0.05, 0.1) is 13.3 Å². The second-order valence-electron chi connectivity index (χ2n) is 4.15. The highest BCUT2D eigenvalue weighted by Crippen LogP contribution is 2.33. The first-order valence-corrected chi connectivity index (χ1v) is 7.24. The molecule has 4 nitrogen and oxygen atoms in total. The first kappa shape index (κ1) is 15.7. The molecule has 0 aliphatic heterocycles. The van der Waals surface area contributed by atoms with E-state index in [9.17, 15) is 0 Å². The highest BCUT2D eigenvalue weighted by molar-refractivity contribution is 9.10. The predicted octanol–water partition coefficient (Wildman–Crippen LogP) is 4.50. The van der Waals surface area contributed by atoms with Gasteiger partial charge in [-0.2, -0.15) is 0 Å². The van der Waals surface area contributed by atoms with Gasteiger partial charge in [0.15, 0.2) is 11.5 Å². The average Bonchev–Trinajstić information content (AvgIpc) is 2.49. The number of ether oxygens (including phenoxy) is 2. The van der Waals surface area contributed by atoms with Crippen molar-refractivity contribution in [2.24, 2.45) is 5.16 Å². The van der Waals surface area contributed by atoms with Gasteiger partial charge >= 0.3 is 0 Å². The highest BCUT2D eigenvalue weighted by atomic mass is 79.9. The molecule has 0 radical (unpaired) electrons. The van der Waals surface area contributed by atoms with E-state index in [-0.39, 0.29) is 0 Å². The molecule has 1 N–H and O–H groups in total. The molecule has 2 aromatic rings. The van der Waals surface area contributed by atoms with Crippen LogP contribution in [0.15, 0.2) is 46.0 Å². The molecule has 0 fully saturated rings. The summed E-state index contributed by atoms with van der Waals surface area (Å²) in [5.74, 6) is 1.11. The average molecular weight is 371 g/mol. The summed E-state index contributed by atoms with van der Waals surface area (Å²) in [6.07, 6.45) is 1.31. The Hall–Kier alpha value is -1.72. The largest absolute Gasteiger partial charge is 0.493 e. The number of hydrogen-bond donors (Lipinski definition) is 1. The molecule has 0 aliphatic rings. The third-order valence-electron chi connectivity index (χ3n) is 2.82. The van der Waals surface area contributed by atoms with Crippen LogP contribution in [0.2, 0.25) is 5.02 Å². The van der Waals surface area contributed by atoms with Gasteiger partial charge in [-0.05, 0) is 34.1 Å². The van der Waals surface area contributed by atoms with Crippen molar-refractivity contribution in [3.63, 3.8) is 0 Å². The second-order valence-corrected chi connectivity index (χ2v) is 5.41. The van der Waals surface area contributed by atoms with E-state index in [1.54, 1.807) is 19.2 Å². The van der Waals surface area contributed by atoms with Crippen molar-refractivity contribution in [3.05, 3.63) is 57.0 Å². The summed E-state index contributed by atoms with van der Waals surface area (Å²) >= 11 is 9.48. The second kappa shape index (κ2) is 7.33. The Morgan fingerprint density at radius 1 is 1.29 bits per heavy atom. The quantitative estimate of drug-likeness (QED) is 0.479. The molecule has 0 unspecified atom stereocenters. The van der Waals surface area contributed by atoms with Crippen LogP contribution in [0.5, 0.6) is 11.5 Å². The van der Waals surface area contributed by atoms with Crippen LogP contribution >= 0.6 is 27.5 Å². The van der Waals surface area contributed by atoms with Crippen LogP contribution in [0.25, 0.3) is 0 Å². The molecule has 21 heavy (non-hydrogen) atoms. The summed E-state index contributed by atoms with van der Waals surface area (Å²) in [4.78, 5) is 0. The van der Waals surface area contributed by atoms with E-state index >= 15 is 0 Å². The van der Waals surface area contributed by atoms with Gasteiger partial charge in [0.25, 0.3) is 0 Å². The van der Waals surface area contributed by atoms with E-state index in [1.807, 2.05) is 24.3 Å².